The number of fused-ring (bicyclic) bond motifs is 1. The van der Waals surface area contributed by atoms with E-state index in [2.05, 4.69) is 15.3 Å². The van der Waals surface area contributed by atoms with Crippen molar-refractivity contribution >= 4 is 22.6 Å². The molecule has 0 saturated heterocycles. The number of carbonyl (C=O) groups is 1. The summed E-state index contributed by atoms with van der Waals surface area (Å²) in [6.45, 7) is 3.76. The Labute approximate surface area is 115 Å². The standard InChI is InChI=1S/C15H13N3O2/c1-9-3-4-11-6-14(20-13(11)5-9)15(19)18-12-7-16-10(2)17-8-12/h3-8H,1-2H3,(H,18,19). The van der Waals surface area contributed by atoms with Gasteiger partial charge in [0.1, 0.15) is 11.4 Å². The van der Waals surface area contributed by atoms with E-state index in [0.717, 1.165) is 10.9 Å². The fraction of sp³-hybridized carbons (Fsp3) is 0.133. The van der Waals surface area contributed by atoms with Crippen LogP contribution in [0.5, 0.6) is 0 Å². The largest absolute Gasteiger partial charge is 0.451 e. The van der Waals surface area contributed by atoms with E-state index in [-0.39, 0.29) is 11.7 Å². The number of nitrogens with one attached hydrogen (secondary N) is 1. The van der Waals surface area contributed by atoms with Crippen molar-refractivity contribution in [2.24, 2.45) is 0 Å². The number of hydrogen-bond donors (Lipinski definition) is 1. The minimum Gasteiger partial charge on any atom is -0.451 e. The summed E-state index contributed by atoms with van der Waals surface area (Å²) in [5.41, 5.74) is 2.33. The molecule has 0 bridgehead atoms. The molecule has 100 valence electrons. The quantitative estimate of drug-likeness (QED) is 0.774. The van der Waals surface area contributed by atoms with Gasteiger partial charge in [-0.15, -0.1) is 0 Å². The van der Waals surface area contributed by atoms with Gasteiger partial charge in [-0.2, -0.15) is 0 Å². The molecule has 5 nitrogen and oxygen atoms in total. The van der Waals surface area contributed by atoms with Crippen LogP contribution in [0, 0.1) is 13.8 Å². The number of aromatic nitrogens is 2. The number of aryl methyl sites for hydroxylation is 2. The Hall–Kier alpha value is -2.69. The molecule has 0 unspecified atom stereocenters. The number of benzene rings is 1. The predicted octanol–water partition coefficient (Wildman–Crippen LogP) is 3.09. The average Bonchev–Trinajstić information content (AvgIpc) is 2.84. The second kappa shape index (κ2) is 4.77. The van der Waals surface area contributed by atoms with Crippen molar-refractivity contribution in [3.05, 3.63) is 53.8 Å². The molecule has 2 aromatic heterocycles. The lowest BCUT2D eigenvalue weighted by atomic mass is 10.2. The van der Waals surface area contributed by atoms with Gasteiger partial charge >= 0.3 is 0 Å². The van der Waals surface area contributed by atoms with Gasteiger partial charge < -0.3 is 9.73 Å². The zero-order chi connectivity index (χ0) is 14.1. The third kappa shape index (κ3) is 2.38. The number of anilines is 1. The maximum Gasteiger partial charge on any atom is 0.291 e. The van der Waals surface area contributed by atoms with E-state index in [4.69, 9.17) is 4.42 Å². The number of nitrogens with zero attached hydrogens (tertiary/aromatic N) is 2. The molecule has 20 heavy (non-hydrogen) atoms. The van der Waals surface area contributed by atoms with E-state index in [1.54, 1.807) is 25.4 Å². The first kappa shape index (κ1) is 12.3. The highest BCUT2D eigenvalue weighted by molar-refractivity contribution is 6.04. The second-order valence-electron chi connectivity index (χ2n) is 4.63. The fourth-order valence-corrected chi connectivity index (χ4v) is 1.90. The summed E-state index contributed by atoms with van der Waals surface area (Å²) in [4.78, 5) is 20.1. The van der Waals surface area contributed by atoms with Crippen LogP contribution in [0.2, 0.25) is 0 Å². The summed E-state index contributed by atoms with van der Waals surface area (Å²) >= 11 is 0. The SMILES string of the molecule is Cc1ccc2cc(C(=O)Nc3cnc(C)nc3)oc2c1. The number of rotatable bonds is 2. The molecule has 0 spiro atoms. The molecular formula is C15H13N3O2. The third-order valence-corrected chi connectivity index (χ3v) is 2.94. The van der Waals surface area contributed by atoms with Crippen LogP contribution in [0.15, 0.2) is 41.1 Å². The van der Waals surface area contributed by atoms with Crippen molar-refractivity contribution in [1.82, 2.24) is 9.97 Å². The molecule has 0 aliphatic carbocycles. The van der Waals surface area contributed by atoms with Crippen molar-refractivity contribution in [3.63, 3.8) is 0 Å². The first-order valence-electron chi connectivity index (χ1n) is 6.22. The highest BCUT2D eigenvalue weighted by atomic mass is 16.3. The first-order chi connectivity index (χ1) is 9.61. The highest BCUT2D eigenvalue weighted by Gasteiger charge is 2.12. The number of amides is 1. The zero-order valence-electron chi connectivity index (χ0n) is 11.2. The van der Waals surface area contributed by atoms with Crippen molar-refractivity contribution in [2.75, 3.05) is 5.32 Å². The van der Waals surface area contributed by atoms with Gasteiger partial charge in [-0.1, -0.05) is 12.1 Å². The zero-order valence-corrected chi connectivity index (χ0v) is 11.2. The minimum absolute atomic E-state index is 0.270. The van der Waals surface area contributed by atoms with Gasteiger partial charge in [-0.25, -0.2) is 9.97 Å². The smallest absolute Gasteiger partial charge is 0.291 e. The second-order valence-corrected chi connectivity index (χ2v) is 4.63. The molecule has 0 atom stereocenters. The van der Waals surface area contributed by atoms with Crippen molar-refractivity contribution in [2.45, 2.75) is 13.8 Å². The van der Waals surface area contributed by atoms with Crippen LogP contribution in [0.3, 0.4) is 0 Å². The Morgan fingerprint density at radius 1 is 1.15 bits per heavy atom. The molecule has 0 radical (unpaired) electrons. The lowest BCUT2D eigenvalue weighted by Crippen LogP contribution is -2.11. The Balaban J connectivity index is 1.86. The summed E-state index contributed by atoms with van der Waals surface area (Å²) in [6, 6.07) is 7.54. The molecular weight excluding hydrogens is 254 g/mol. The topological polar surface area (TPSA) is 68.0 Å². The van der Waals surface area contributed by atoms with E-state index in [1.807, 2.05) is 25.1 Å². The van der Waals surface area contributed by atoms with E-state index < -0.39 is 0 Å². The Kier molecular flexibility index (Phi) is 2.95. The van der Waals surface area contributed by atoms with E-state index in [0.29, 0.717) is 17.1 Å². The van der Waals surface area contributed by atoms with E-state index in [1.165, 1.54) is 0 Å². The monoisotopic (exact) mass is 267 g/mol. The molecule has 0 aliphatic rings. The van der Waals surface area contributed by atoms with Crippen LogP contribution in [-0.4, -0.2) is 15.9 Å². The Bertz CT molecular complexity index is 775. The van der Waals surface area contributed by atoms with E-state index >= 15 is 0 Å². The predicted molar refractivity (Wildman–Crippen MR) is 75.7 cm³/mol. The molecule has 0 saturated carbocycles. The fourth-order valence-electron chi connectivity index (χ4n) is 1.90. The molecule has 1 N–H and O–H groups in total. The van der Waals surface area contributed by atoms with Gasteiger partial charge in [-0.05, 0) is 31.5 Å². The van der Waals surface area contributed by atoms with Gasteiger partial charge in [0.2, 0.25) is 0 Å². The van der Waals surface area contributed by atoms with Crippen LogP contribution in [0.25, 0.3) is 11.0 Å². The molecule has 1 aromatic carbocycles. The van der Waals surface area contributed by atoms with Gasteiger partial charge in [-0.3, -0.25) is 4.79 Å². The van der Waals surface area contributed by atoms with Gasteiger partial charge in [0, 0.05) is 5.39 Å². The number of carbonyl (C=O) groups excluding carboxylic acids is 1. The maximum absolute atomic E-state index is 12.1. The van der Waals surface area contributed by atoms with Gasteiger partial charge in [0.25, 0.3) is 5.91 Å². The van der Waals surface area contributed by atoms with Crippen molar-refractivity contribution in [3.8, 4) is 0 Å². The molecule has 3 rings (SSSR count). The summed E-state index contributed by atoms with van der Waals surface area (Å²) in [5, 5.41) is 3.61. The number of hydrogen-bond acceptors (Lipinski definition) is 4. The molecule has 0 aliphatic heterocycles. The summed E-state index contributed by atoms with van der Waals surface area (Å²) in [6.07, 6.45) is 3.13. The van der Waals surface area contributed by atoms with Crippen molar-refractivity contribution < 1.29 is 9.21 Å². The van der Waals surface area contributed by atoms with Crippen LogP contribution < -0.4 is 5.32 Å². The molecule has 2 heterocycles. The van der Waals surface area contributed by atoms with Crippen LogP contribution in [-0.2, 0) is 0 Å². The summed E-state index contributed by atoms with van der Waals surface area (Å²) < 4.78 is 5.55. The molecule has 1 amide bonds. The lowest BCUT2D eigenvalue weighted by molar-refractivity contribution is 0.0998. The third-order valence-electron chi connectivity index (χ3n) is 2.94. The van der Waals surface area contributed by atoms with Crippen LogP contribution >= 0.6 is 0 Å². The van der Waals surface area contributed by atoms with Crippen molar-refractivity contribution in [1.29, 1.82) is 0 Å². The maximum atomic E-state index is 12.1. The lowest BCUT2D eigenvalue weighted by Gasteiger charge is -2.01. The Morgan fingerprint density at radius 2 is 1.90 bits per heavy atom. The molecule has 3 aromatic rings. The molecule has 0 fully saturated rings. The first-order valence-corrected chi connectivity index (χ1v) is 6.22. The number of furan rings is 1. The normalized spacial score (nSPS) is 10.7. The van der Waals surface area contributed by atoms with Gasteiger partial charge in [0.05, 0.1) is 18.1 Å². The molecule has 5 heteroatoms. The van der Waals surface area contributed by atoms with Gasteiger partial charge in [0.15, 0.2) is 5.76 Å². The van der Waals surface area contributed by atoms with Crippen LogP contribution in [0.1, 0.15) is 21.9 Å². The Morgan fingerprint density at radius 3 is 2.65 bits per heavy atom. The minimum atomic E-state index is -0.314. The highest BCUT2D eigenvalue weighted by Crippen LogP contribution is 2.21. The average molecular weight is 267 g/mol. The van der Waals surface area contributed by atoms with E-state index in [9.17, 15) is 4.79 Å². The summed E-state index contributed by atoms with van der Waals surface area (Å²) in [5.74, 6) is 0.611. The van der Waals surface area contributed by atoms with Crippen LogP contribution in [0.4, 0.5) is 5.69 Å². The summed E-state index contributed by atoms with van der Waals surface area (Å²) in [7, 11) is 0.